The second-order valence-electron chi connectivity index (χ2n) is 2.24. The molecule has 6 nitrogen and oxygen atoms in total. The molecule has 75 valence electrons. The van der Waals surface area contributed by atoms with Crippen LogP contribution in [0.15, 0.2) is 24.3 Å². The summed E-state index contributed by atoms with van der Waals surface area (Å²) in [5.41, 5.74) is 0. The van der Waals surface area contributed by atoms with Crippen molar-refractivity contribution in [1.29, 1.82) is 0 Å². The maximum Gasteiger partial charge on any atom is 0.0803 e. The molecule has 0 N–H and O–H groups in total. The van der Waals surface area contributed by atoms with Crippen molar-refractivity contribution in [2.45, 2.75) is 0 Å². The van der Waals surface area contributed by atoms with Crippen LogP contribution in [0.2, 0.25) is 0 Å². The van der Waals surface area contributed by atoms with Crippen molar-refractivity contribution in [3.63, 3.8) is 0 Å². The van der Waals surface area contributed by atoms with Crippen molar-refractivity contribution in [2.24, 2.45) is 0 Å². The molecule has 0 unspecified atom stereocenters. The molecule has 4 amide bonds. The van der Waals surface area contributed by atoms with Crippen molar-refractivity contribution in [3.8, 4) is 0 Å². The Balaban J connectivity index is 0.000000245. The van der Waals surface area contributed by atoms with Crippen LogP contribution in [0.4, 0.5) is 0 Å². The number of amides is 4. The van der Waals surface area contributed by atoms with Gasteiger partial charge in [-0.1, -0.05) is 0 Å². The van der Waals surface area contributed by atoms with Crippen molar-refractivity contribution in [2.75, 3.05) is 0 Å². The summed E-state index contributed by atoms with van der Waals surface area (Å²) < 4.78 is 0. The number of carbonyl (C=O) groups excluding carboxylic acids is 4. The van der Waals surface area contributed by atoms with E-state index in [1.807, 2.05) is 0 Å². The summed E-state index contributed by atoms with van der Waals surface area (Å²) in [6.07, 6.45) is 4.56. The molecule has 0 bridgehead atoms. The minimum Gasteiger partial charge on any atom is -0.589 e. The molecule has 0 fully saturated rings. The van der Waals surface area contributed by atoms with Crippen LogP contribution in [0.1, 0.15) is 0 Å². The summed E-state index contributed by atoms with van der Waals surface area (Å²) in [6.45, 7) is 0. The zero-order chi connectivity index (χ0) is 10.6. The van der Waals surface area contributed by atoms with Gasteiger partial charge in [-0.25, -0.2) is 0 Å². The van der Waals surface area contributed by atoms with E-state index in [1.165, 1.54) is 0 Å². The fourth-order valence-electron chi connectivity index (χ4n) is 0.651. The molecule has 1 radical (unpaired) electrons. The molecule has 7 heteroatoms. The first-order valence-corrected chi connectivity index (χ1v) is 3.53. The Morgan fingerprint density at radius 2 is 0.800 bits per heavy atom. The Bertz CT molecular complexity index is 305. The summed E-state index contributed by atoms with van der Waals surface area (Å²) in [5, 5.41) is 6.00. The Morgan fingerprint density at radius 1 is 0.600 bits per heavy atom. The molecule has 2 aliphatic rings. The molecular formula is C8H4N2O4Y-2. The molecule has 15 heavy (non-hydrogen) atoms. The molecule has 0 atom stereocenters. The summed E-state index contributed by atoms with van der Waals surface area (Å²) in [5.74, 6) is -1.81. The van der Waals surface area contributed by atoms with Gasteiger partial charge in [0.15, 0.2) is 0 Å². The fourth-order valence-corrected chi connectivity index (χ4v) is 0.651. The number of hydrogen-bond acceptors (Lipinski definition) is 4. The van der Waals surface area contributed by atoms with Gasteiger partial charge in [-0.15, -0.1) is 0 Å². The van der Waals surface area contributed by atoms with Crippen LogP contribution < -0.4 is 0 Å². The summed E-state index contributed by atoms with van der Waals surface area (Å²) in [4.78, 5) is 39.9. The van der Waals surface area contributed by atoms with E-state index in [-0.39, 0.29) is 32.7 Å². The summed E-state index contributed by atoms with van der Waals surface area (Å²) >= 11 is 0. The molecule has 0 spiro atoms. The van der Waals surface area contributed by atoms with Crippen molar-refractivity contribution in [1.82, 2.24) is 0 Å². The van der Waals surface area contributed by atoms with Gasteiger partial charge in [0.05, 0.1) is 23.6 Å². The first-order chi connectivity index (χ1) is 6.58. The van der Waals surface area contributed by atoms with E-state index in [4.69, 9.17) is 0 Å². The smallest absolute Gasteiger partial charge is 0.0803 e. The molecule has 2 rings (SSSR count). The monoisotopic (exact) mass is 281 g/mol. The van der Waals surface area contributed by atoms with Gasteiger partial charge in [0, 0.05) is 32.7 Å². The summed E-state index contributed by atoms with van der Waals surface area (Å²) in [7, 11) is 0. The molecule has 0 saturated carbocycles. The van der Waals surface area contributed by atoms with Gasteiger partial charge in [0.25, 0.3) is 0 Å². The van der Waals surface area contributed by atoms with E-state index in [0.717, 1.165) is 24.3 Å². The topological polar surface area (TPSA) is 96.5 Å². The van der Waals surface area contributed by atoms with Gasteiger partial charge in [0.1, 0.15) is 0 Å². The van der Waals surface area contributed by atoms with Crippen LogP contribution in [0, 0.1) is 0 Å². The quantitative estimate of drug-likeness (QED) is 0.582. The van der Waals surface area contributed by atoms with Crippen LogP contribution >= 0.6 is 0 Å². The number of nitrogens with zero attached hydrogens (tertiary/aromatic N) is 2. The molecule has 0 aromatic heterocycles. The predicted octanol–water partition coefficient (Wildman–Crippen LogP) is -0.0363. The van der Waals surface area contributed by atoms with Gasteiger partial charge in [-0.2, -0.15) is 0 Å². The minimum atomic E-state index is -0.454. The zero-order valence-electron chi connectivity index (χ0n) is 7.41. The van der Waals surface area contributed by atoms with E-state index >= 15 is 0 Å². The third-order valence-corrected chi connectivity index (χ3v) is 1.18. The Morgan fingerprint density at radius 3 is 0.867 bits per heavy atom. The second kappa shape index (κ2) is 6.37. The van der Waals surface area contributed by atoms with Crippen LogP contribution in [0.25, 0.3) is 10.6 Å². The predicted molar refractivity (Wildman–Crippen MR) is 45.0 cm³/mol. The van der Waals surface area contributed by atoms with Crippen molar-refractivity contribution < 1.29 is 51.9 Å². The molecule has 2 aliphatic heterocycles. The number of carbonyl (C=O) groups is 4. The average Bonchev–Trinajstić information content (AvgIpc) is 2.63. The normalized spacial score (nSPS) is 16.5. The Kier molecular flexibility index (Phi) is 5.88. The Labute approximate surface area is 110 Å². The SMILES string of the molecule is O=C1C=CC(=O)[N-]1.O=C1C=CC(=O)[N-]1.[Y]. The zero-order valence-corrected chi connectivity index (χ0v) is 10.3. The van der Waals surface area contributed by atoms with E-state index in [2.05, 4.69) is 10.6 Å². The first-order valence-electron chi connectivity index (χ1n) is 3.53. The van der Waals surface area contributed by atoms with Crippen LogP contribution in [-0.2, 0) is 51.9 Å². The average molecular weight is 281 g/mol. The standard InChI is InChI=1S/2C4H3NO2.Y/c2*6-3-1-2-4(7)5-3;/h2*1-2H,(H,5,6,7);/p-2. The number of rotatable bonds is 0. The summed E-state index contributed by atoms with van der Waals surface area (Å²) in [6, 6.07) is 0. The minimum absolute atomic E-state index is 0. The van der Waals surface area contributed by atoms with E-state index in [0.29, 0.717) is 0 Å². The molecular weight excluding hydrogens is 277 g/mol. The largest absolute Gasteiger partial charge is 0.589 e. The molecule has 0 aromatic carbocycles. The first kappa shape index (κ1) is 13.9. The van der Waals surface area contributed by atoms with E-state index in [1.54, 1.807) is 0 Å². The molecule has 0 aromatic rings. The van der Waals surface area contributed by atoms with Crippen molar-refractivity contribution >= 4 is 23.6 Å². The number of hydrogen-bond donors (Lipinski definition) is 0. The maximum atomic E-state index is 9.98. The molecule has 0 saturated heterocycles. The molecule has 0 aliphatic carbocycles. The fraction of sp³-hybridized carbons (Fsp3) is 0. The third kappa shape index (κ3) is 5.34. The Hall–Kier alpha value is -1.14. The van der Waals surface area contributed by atoms with Crippen LogP contribution in [0.3, 0.4) is 0 Å². The third-order valence-electron chi connectivity index (χ3n) is 1.18. The van der Waals surface area contributed by atoms with Crippen LogP contribution in [-0.4, -0.2) is 23.6 Å². The van der Waals surface area contributed by atoms with Gasteiger partial charge < -0.3 is 29.8 Å². The van der Waals surface area contributed by atoms with Crippen molar-refractivity contribution in [3.05, 3.63) is 34.9 Å². The number of imide groups is 2. The van der Waals surface area contributed by atoms with E-state index in [9.17, 15) is 19.2 Å². The molecule has 2 heterocycles. The van der Waals surface area contributed by atoms with Gasteiger partial charge in [0.2, 0.25) is 0 Å². The van der Waals surface area contributed by atoms with E-state index < -0.39 is 23.6 Å². The maximum absolute atomic E-state index is 9.98. The van der Waals surface area contributed by atoms with Gasteiger partial charge in [-0.05, 0) is 24.3 Å². The van der Waals surface area contributed by atoms with Crippen LogP contribution in [0.5, 0.6) is 0 Å². The van der Waals surface area contributed by atoms with Gasteiger partial charge >= 0.3 is 0 Å². The second-order valence-corrected chi connectivity index (χ2v) is 2.24. The van der Waals surface area contributed by atoms with Gasteiger partial charge in [-0.3, -0.25) is 0 Å².